The fraction of sp³-hybridized carbons (Fsp3) is 1.00. The summed E-state index contributed by atoms with van der Waals surface area (Å²) in [6.07, 6.45) is 8.49. The molecule has 0 aromatic rings. The number of rotatable bonds is 3. The molecule has 3 unspecified atom stereocenters. The molecule has 1 heterocycles. The second-order valence-corrected chi connectivity index (χ2v) is 8.30. The Bertz CT molecular complexity index is 233. The fourth-order valence-electron chi connectivity index (χ4n) is 3.50. The molecule has 1 aliphatic carbocycles. The minimum absolute atomic E-state index is 0.581. The van der Waals surface area contributed by atoms with E-state index in [4.69, 9.17) is 0 Å². The summed E-state index contributed by atoms with van der Waals surface area (Å²) in [7, 11) is 0. The van der Waals surface area contributed by atoms with Gasteiger partial charge in [-0.15, -0.1) is 0 Å². The van der Waals surface area contributed by atoms with E-state index < -0.39 is 0 Å². The van der Waals surface area contributed by atoms with Crippen LogP contribution in [0.5, 0.6) is 0 Å². The van der Waals surface area contributed by atoms with Crippen LogP contribution in [-0.2, 0) is 0 Å². The van der Waals surface area contributed by atoms with Crippen LogP contribution in [0.1, 0.15) is 59.3 Å². The molecule has 2 heteroatoms. The van der Waals surface area contributed by atoms with E-state index in [-0.39, 0.29) is 0 Å². The van der Waals surface area contributed by atoms with Gasteiger partial charge in [0.2, 0.25) is 0 Å². The highest BCUT2D eigenvalue weighted by Gasteiger charge is 2.32. The summed E-state index contributed by atoms with van der Waals surface area (Å²) in [6, 6.07) is 0.783. The Balaban J connectivity index is 1.72. The third kappa shape index (κ3) is 4.17. The minimum Gasteiger partial charge on any atom is -0.313 e. The van der Waals surface area contributed by atoms with Crippen LogP contribution in [0.15, 0.2) is 0 Å². The van der Waals surface area contributed by atoms with Crippen LogP contribution >= 0.6 is 11.8 Å². The number of thioether (sulfide) groups is 1. The highest BCUT2D eigenvalue weighted by atomic mass is 32.2. The zero-order chi connectivity index (χ0) is 12.3. The Morgan fingerprint density at radius 3 is 2.71 bits per heavy atom. The lowest BCUT2D eigenvalue weighted by molar-refractivity contribution is 0.149. The molecule has 0 amide bonds. The molecule has 0 aromatic heterocycles. The van der Waals surface area contributed by atoms with Crippen molar-refractivity contribution in [3.63, 3.8) is 0 Å². The van der Waals surface area contributed by atoms with Gasteiger partial charge >= 0.3 is 0 Å². The molecule has 17 heavy (non-hydrogen) atoms. The van der Waals surface area contributed by atoms with Crippen LogP contribution in [0.3, 0.4) is 0 Å². The maximum Gasteiger partial charge on any atom is 0.0172 e. The minimum atomic E-state index is 0.581. The first kappa shape index (κ1) is 13.7. The Hall–Kier alpha value is 0.310. The normalized spacial score (nSPS) is 37.9. The summed E-state index contributed by atoms with van der Waals surface area (Å²) < 4.78 is 0. The van der Waals surface area contributed by atoms with Crippen molar-refractivity contribution in [1.29, 1.82) is 0 Å². The first-order valence-corrected chi connectivity index (χ1v) is 8.47. The van der Waals surface area contributed by atoms with E-state index >= 15 is 0 Å². The molecule has 1 nitrogen and oxygen atoms in total. The van der Waals surface area contributed by atoms with Gasteiger partial charge in [-0.2, -0.15) is 11.8 Å². The molecular formula is C15H29NS. The lowest BCUT2D eigenvalue weighted by Crippen LogP contribution is -2.44. The molecule has 1 saturated heterocycles. The van der Waals surface area contributed by atoms with E-state index in [9.17, 15) is 0 Å². The van der Waals surface area contributed by atoms with E-state index in [1.807, 2.05) is 0 Å². The van der Waals surface area contributed by atoms with Crippen molar-refractivity contribution in [2.45, 2.75) is 70.6 Å². The van der Waals surface area contributed by atoms with Gasteiger partial charge < -0.3 is 5.32 Å². The zero-order valence-electron chi connectivity index (χ0n) is 11.8. The van der Waals surface area contributed by atoms with Gasteiger partial charge in [-0.1, -0.05) is 27.2 Å². The average molecular weight is 255 g/mol. The van der Waals surface area contributed by atoms with Gasteiger partial charge in [0.15, 0.2) is 0 Å². The van der Waals surface area contributed by atoms with Gasteiger partial charge in [-0.25, -0.2) is 0 Å². The van der Waals surface area contributed by atoms with Gasteiger partial charge in [0.05, 0.1) is 0 Å². The van der Waals surface area contributed by atoms with Crippen LogP contribution < -0.4 is 5.32 Å². The fourth-order valence-corrected chi connectivity index (χ4v) is 4.75. The van der Waals surface area contributed by atoms with Crippen molar-refractivity contribution in [1.82, 2.24) is 5.32 Å². The summed E-state index contributed by atoms with van der Waals surface area (Å²) in [4.78, 5) is 0. The third-order valence-electron chi connectivity index (χ3n) is 4.58. The summed E-state index contributed by atoms with van der Waals surface area (Å²) in [6.45, 7) is 8.54. The van der Waals surface area contributed by atoms with Gasteiger partial charge in [0.1, 0.15) is 0 Å². The molecule has 2 aliphatic rings. The largest absolute Gasteiger partial charge is 0.313 e. The van der Waals surface area contributed by atoms with E-state index in [0.717, 1.165) is 17.2 Å². The lowest BCUT2D eigenvalue weighted by Gasteiger charge is -2.40. The van der Waals surface area contributed by atoms with Crippen molar-refractivity contribution in [3.8, 4) is 0 Å². The zero-order valence-corrected chi connectivity index (χ0v) is 12.6. The monoisotopic (exact) mass is 255 g/mol. The van der Waals surface area contributed by atoms with E-state index in [0.29, 0.717) is 5.41 Å². The number of hydrogen-bond donors (Lipinski definition) is 1. The highest BCUT2D eigenvalue weighted by Crippen LogP contribution is 2.38. The van der Waals surface area contributed by atoms with Crippen molar-refractivity contribution < 1.29 is 0 Å². The van der Waals surface area contributed by atoms with Crippen LogP contribution in [0.2, 0.25) is 0 Å². The molecule has 100 valence electrons. The molecule has 0 radical (unpaired) electrons. The second kappa shape index (κ2) is 5.97. The average Bonchev–Trinajstić information content (AvgIpc) is 2.28. The first-order chi connectivity index (χ1) is 8.07. The molecule has 1 saturated carbocycles. The van der Waals surface area contributed by atoms with Gasteiger partial charge in [0, 0.05) is 17.8 Å². The lowest BCUT2D eigenvalue weighted by atomic mass is 9.70. The molecule has 1 aliphatic heterocycles. The topological polar surface area (TPSA) is 12.0 Å². The maximum atomic E-state index is 3.86. The Morgan fingerprint density at radius 1 is 1.24 bits per heavy atom. The smallest absolute Gasteiger partial charge is 0.0172 e. The van der Waals surface area contributed by atoms with Crippen molar-refractivity contribution in [3.05, 3.63) is 0 Å². The van der Waals surface area contributed by atoms with Gasteiger partial charge in [-0.05, 0) is 49.2 Å². The van der Waals surface area contributed by atoms with Crippen LogP contribution in [0.4, 0.5) is 0 Å². The van der Waals surface area contributed by atoms with E-state index in [2.05, 4.69) is 37.8 Å². The third-order valence-corrected chi connectivity index (χ3v) is 5.97. The molecule has 0 bridgehead atoms. The summed E-state index contributed by atoms with van der Waals surface area (Å²) in [5.41, 5.74) is 0.581. The molecule has 3 atom stereocenters. The van der Waals surface area contributed by atoms with Crippen molar-refractivity contribution in [2.75, 3.05) is 12.3 Å². The quantitative estimate of drug-likeness (QED) is 0.815. The summed E-state index contributed by atoms with van der Waals surface area (Å²) >= 11 is 2.19. The highest BCUT2D eigenvalue weighted by molar-refractivity contribution is 7.99. The standard InChI is InChI=1S/C15H29NS/c1-12-10-15(2,3)8-7-14(12)16-11-13-6-4-5-9-17-13/h12-14,16H,4-11H2,1-3H3. The van der Waals surface area contributed by atoms with Crippen molar-refractivity contribution >= 4 is 11.8 Å². The van der Waals surface area contributed by atoms with Crippen LogP contribution in [0, 0.1) is 11.3 Å². The summed E-state index contributed by atoms with van der Waals surface area (Å²) in [5.74, 6) is 2.24. The Kier molecular flexibility index (Phi) is 4.82. The van der Waals surface area contributed by atoms with Crippen LogP contribution in [0.25, 0.3) is 0 Å². The molecular weight excluding hydrogens is 226 g/mol. The van der Waals surface area contributed by atoms with Crippen molar-refractivity contribution in [2.24, 2.45) is 11.3 Å². The second-order valence-electron chi connectivity index (χ2n) is 6.89. The summed E-state index contributed by atoms with van der Waals surface area (Å²) in [5, 5.41) is 4.75. The predicted molar refractivity (Wildman–Crippen MR) is 78.7 cm³/mol. The predicted octanol–water partition coefficient (Wildman–Crippen LogP) is 4.08. The molecule has 2 fully saturated rings. The maximum absolute atomic E-state index is 3.86. The van der Waals surface area contributed by atoms with Gasteiger partial charge in [0.25, 0.3) is 0 Å². The Labute approximate surface area is 112 Å². The van der Waals surface area contributed by atoms with Gasteiger partial charge in [-0.3, -0.25) is 0 Å². The molecule has 0 aromatic carbocycles. The first-order valence-electron chi connectivity index (χ1n) is 7.42. The molecule has 1 N–H and O–H groups in total. The number of hydrogen-bond acceptors (Lipinski definition) is 2. The SMILES string of the molecule is CC1CC(C)(C)CCC1NCC1CCCCS1. The van der Waals surface area contributed by atoms with E-state index in [1.54, 1.807) is 0 Å². The van der Waals surface area contributed by atoms with E-state index in [1.165, 1.54) is 50.8 Å². The Morgan fingerprint density at radius 2 is 2.06 bits per heavy atom. The molecule has 0 spiro atoms. The molecule has 2 rings (SSSR count). The number of nitrogens with one attached hydrogen (secondary N) is 1. The van der Waals surface area contributed by atoms with Crippen LogP contribution in [-0.4, -0.2) is 23.6 Å².